The molecule has 2 amide bonds. The first-order chi connectivity index (χ1) is 13.1. The quantitative estimate of drug-likeness (QED) is 0.756. The lowest BCUT2D eigenvalue weighted by molar-refractivity contribution is -0.117. The number of hydrogen-bond acceptors (Lipinski definition) is 4. The molecule has 0 spiro atoms. The van der Waals surface area contributed by atoms with Crippen LogP contribution in [0.25, 0.3) is 10.9 Å². The summed E-state index contributed by atoms with van der Waals surface area (Å²) in [5.41, 5.74) is 2.25. The number of aromatic nitrogens is 1. The highest BCUT2D eigenvalue weighted by Gasteiger charge is 2.17. The number of pyridine rings is 1. The summed E-state index contributed by atoms with van der Waals surface area (Å²) in [7, 11) is 0. The van der Waals surface area contributed by atoms with Crippen molar-refractivity contribution in [3.05, 3.63) is 66.4 Å². The Hall–Kier alpha value is -3.72. The van der Waals surface area contributed by atoms with Crippen molar-refractivity contribution >= 4 is 34.1 Å². The highest BCUT2D eigenvalue weighted by Crippen LogP contribution is 2.22. The Bertz CT molecular complexity index is 1030. The minimum absolute atomic E-state index is 0.0998. The van der Waals surface area contributed by atoms with Gasteiger partial charge in [-0.15, -0.1) is 0 Å². The van der Waals surface area contributed by atoms with Crippen LogP contribution in [0, 0.1) is 11.3 Å². The molecule has 1 heterocycles. The smallest absolute Gasteiger partial charge is 0.226 e. The maximum atomic E-state index is 12.4. The number of amides is 2. The maximum Gasteiger partial charge on any atom is 0.226 e. The van der Waals surface area contributed by atoms with Crippen LogP contribution in [0.3, 0.4) is 0 Å². The van der Waals surface area contributed by atoms with Crippen LogP contribution >= 0.6 is 0 Å². The summed E-state index contributed by atoms with van der Waals surface area (Å²) in [6.07, 6.45) is 1.77. The summed E-state index contributed by atoms with van der Waals surface area (Å²) in [6.45, 7) is 1.60. The van der Waals surface area contributed by atoms with Gasteiger partial charge in [-0.1, -0.05) is 30.3 Å². The molecule has 134 valence electrons. The fraction of sp³-hybridized carbons (Fsp3) is 0.143. The highest BCUT2D eigenvalue weighted by atomic mass is 16.2. The van der Waals surface area contributed by atoms with Crippen molar-refractivity contribution in [2.24, 2.45) is 0 Å². The maximum absolute atomic E-state index is 12.4. The SMILES string of the molecule is CC(=O)N(CCC(=O)Nc1cccc2cccnc12)c1ccccc1C#N. The molecule has 0 saturated heterocycles. The molecule has 0 bridgehead atoms. The Morgan fingerprint density at radius 1 is 1.11 bits per heavy atom. The molecule has 0 aliphatic rings. The molecule has 0 atom stereocenters. The Kier molecular flexibility index (Phi) is 5.43. The Balaban J connectivity index is 1.73. The fourth-order valence-corrected chi connectivity index (χ4v) is 2.88. The molecule has 6 heteroatoms. The summed E-state index contributed by atoms with van der Waals surface area (Å²) >= 11 is 0. The zero-order valence-electron chi connectivity index (χ0n) is 14.8. The van der Waals surface area contributed by atoms with E-state index in [1.807, 2.05) is 24.3 Å². The van der Waals surface area contributed by atoms with Gasteiger partial charge in [-0.05, 0) is 24.3 Å². The third-order valence-corrected chi connectivity index (χ3v) is 4.16. The van der Waals surface area contributed by atoms with Crippen molar-refractivity contribution in [2.45, 2.75) is 13.3 Å². The molecule has 2 aromatic carbocycles. The average molecular weight is 358 g/mol. The molecule has 3 aromatic rings. The van der Waals surface area contributed by atoms with Crippen molar-refractivity contribution in [3.63, 3.8) is 0 Å². The molecule has 0 aliphatic carbocycles. The van der Waals surface area contributed by atoms with E-state index in [4.69, 9.17) is 0 Å². The molecule has 0 saturated carbocycles. The van der Waals surface area contributed by atoms with Gasteiger partial charge in [-0.3, -0.25) is 14.6 Å². The van der Waals surface area contributed by atoms with Crippen LogP contribution in [0.4, 0.5) is 11.4 Å². The zero-order chi connectivity index (χ0) is 19.2. The minimum Gasteiger partial charge on any atom is -0.324 e. The van der Waals surface area contributed by atoms with Gasteiger partial charge in [0, 0.05) is 31.5 Å². The van der Waals surface area contributed by atoms with Gasteiger partial charge in [0.25, 0.3) is 0 Å². The summed E-state index contributed by atoms with van der Waals surface area (Å²) in [5.74, 6) is -0.453. The largest absolute Gasteiger partial charge is 0.324 e. The molecular formula is C21H18N4O2. The minimum atomic E-state index is -0.228. The van der Waals surface area contributed by atoms with E-state index in [0.717, 1.165) is 5.39 Å². The second kappa shape index (κ2) is 8.11. The van der Waals surface area contributed by atoms with Crippen LogP contribution in [0.5, 0.6) is 0 Å². The van der Waals surface area contributed by atoms with E-state index < -0.39 is 0 Å². The molecule has 1 aromatic heterocycles. The van der Waals surface area contributed by atoms with E-state index >= 15 is 0 Å². The Morgan fingerprint density at radius 3 is 2.67 bits per heavy atom. The monoisotopic (exact) mass is 358 g/mol. The molecule has 0 aliphatic heterocycles. The van der Waals surface area contributed by atoms with E-state index in [2.05, 4.69) is 16.4 Å². The van der Waals surface area contributed by atoms with Gasteiger partial charge in [0.05, 0.1) is 22.5 Å². The summed E-state index contributed by atoms with van der Waals surface area (Å²) in [5, 5.41) is 13.0. The number of anilines is 2. The van der Waals surface area contributed by atoms with Crippen molar-refractivity contribution in [2.75, 3.05) is 16.8 Å². The van der Waals surface area contributed by atoms with Gasteiger partial charge < -0.3 is 10.2 Å². The van der Waals surface area contributed by atoms with Crippen LogP contribution in [0.1, 0.15) is 18.9 Å². The highest BCUT2D eigenvalue weighted by molar-refractivity contribution is 6.01. The third-order valence-electron chi connectivity index (χ3n) is 4.16. The number of carbonyl (C=O) groups excluding carboxylic acids is 2. The van der Waals surface area contributed by atoms with Gasteiger partial charge in [-0.25, -0.2) is 0 Å². The number of para-hydroxylation sites is 2. The Morgan fingerprint density at radius 2 is 1.89 bits per heavy atom. The molecular weight excluding hydrogens is 340 g/mol. The first-order valence-electron chi connectivity index (χ1n) is 8.51. The molecule has 0 unspecified atom stereocenters. The van der Waals surface area contributed by atoms with Crippen LogP contribution in [-0.2, 0) is 9.59 Å². The van der Waals surface area contributed by atoms with E-state index in [0.29, 0.717) is 22.5 Å². The normalized spacial score (nSPS) is 10.2. The molecule has 6 nitrogen and oxygen atoms in total. The lowest BCUT2D eigenvalue weighted by Crippen LogP contribution is -2.32. The standard InChI is InChI=1S/C21H18N4O2/c1-15(26)25(19-10-3-2-6-17(19)14-22)13-11-20(27)24-18-9-4-7-16-8-5-12-23-21(16)18/h2-10,12H,11,13H2,1H3,(H,24,27). The predicted octanol–water partition coefficient (Wildman–Crippen LogP) is 3.49. The van der Waals surface area contributed by atoms with Crippen LogP contribution < -0.4 is 10.2 Å². The summed E-state index contributed by atoms with van der Waals surface area (Å²) in [6, 6.07) is 18.3. The van der Waals surface area contributed by atoms with Gasteiger partial charge in [0.2, 0.25) is 11.8 Å². The second-order valence-electron chi connectivity index (χ2n) is 5.98. The first kappa shape index (κ1) is 18.1. The van der Waals surface area contributed by atoms with E-state index in [9.17, 15) is 14.9 Å². The topological polar surface area (TPSA) is 86.1 Å². The number of nitrogens with one attached hydrogen (secondary N) is 1. The van der Waals surface area contributed by atoms with E-state index in [1.54, 1.807) is 36.5 Å². The number of hydrogen-bond donors (Lipinski definition) is 1. The molecule has 27 heavy (non-hydrogen) atoms. The van der Waals surface area contributed by atoms with Gasteiger partial charge >= 0.3 is 0 Å². The Labute approximate surface area is 157 Å². The number of nitrogens with zero attached hydrogens (tertiary/aromatic N) is 3. The zero-order valence-corrected chi connectivity index (χ0v) is 14.8. The fourth-order valence-electron chi connectivity index (χ4n) is 2.88. The third kappa shape index (κ3) is 4.10. The van der Waals surface area contributed by atoms with Crippen molar-refractivity contribution in [1.29, 1.82) is 5.26 Å². The lowest BCUT2D eigenvalue weighted by atomic mass is 10.1. The van der Waals surface area contributed by atoms with Gasteiger partial charge in [0.15, 0.2) is 0 Å². The van der Waals surface area contributed by atoms with E-state index in [1.165, 1.54) is 11.8 Å². The van der Waals surface area contributed by atoms with Crippen molar-refractivity contribution in [1.82, 2.24) is 4.98 Å². The second-order valence-corrected chi connectivity index (χ2v) is 5.98. The van der Waals surface area contributed by atoms with Crippen LogP contribution in [0.2, 0.25) is 0 Å². The van der Waals surface area contributed by atoms with Crippen molar-refractivity contribution in [3.8, 4) is 6.07 Å². The number of benzene rings is 2. The number of nitriles is 1. The van der Waals surface area contributed by atoms with Crippen LogP contribution in [0.15, 0.2) is 60.8 Å². The average Bonchev–Trinajstić information content (AvgIpc) is 2.68. The van der Waals surface area contributed by atoms with Gasteiger partial charge in [0.1, 0.15) is 6.07 Å². The first-order valence-corrected chi connectivity index (χ1v) is 8.51. The molecule has 1 N–H and O–H groups in total. The summed E-state index contributed by atoms with van der Waals surface area (Å²) in [4.78, 5) is 30.2. The lowest BCUT2D eigenvalue weighted by Gasteiger charge is -2.22. The van der Waals surface area contributed by atoms with E-state index in [-0.39, 0.29) is 24.8 Å². The number of carbonyl (C=O) groups is 2. The number of rotatable bonds is 5. The van der Waals surface area contributed by atoms with Crippen molar-refractivity contribution < 1.29 is 9.59 Å². The molecule has 3 rings (SSSR count). The molecule has 0 radical (unpaired) electrons. The molecule has 0 fully saturated rings. The number of fused-ring (bicyclic) bond motifs is 1. The predicted molar refractivity (Wildman–Crippen MR) is 104 cm³/mol. The summed E-state index contributed by atoms with van der Waals surface area (Å²) < 4.78 is 0. The van der Waals surface area contributed by atoms with Crippen LogP contribution in [-0.4, -0.2) is 23.3 Å². The van der Waals surface area contributed by atoms with Gasteiger partial charge in [-0.2, -0.15) is 5.26 Å².